The molecule has 0 aromatic rings. The topological polar surface area (TPSA) is 81.1 Å². The fraction of sp³-hybridized carbons (Fsp3) is 0.714. The van der Waals surface area contributed by atoms with Crippen LogP contribution in [0.2, 0.25) is 0 Å². The average Bonchev–Trinajstić information content (AvgIpc) is 2.01. The second kappa shape index (κ2) is 8.79. The van der Waals surface area contributed by atoms with E-state index >= 15 is 0 Å². The fourth-order valence-electron chi connectivity index (χ4n) is 0.446. The quantitative estimate of drug-likeness (QED) is 0.608. The lowest BCUT2D eigenvalue weighted by atomic mass is 10.5. The van der Waals surface area contributed by atoms with Gasteiger partial charge in [-0.3, -0.25) is 4.79 Å². The molecule has 2 N–H and O–H groups in total. The van der Waals surface area contributed by atoms with Crippen LogP contribution < -0.4 is 0 Å². The third-order valence-electron chi connectivity index (χ3n) is 1.21. The summed E-state index contributed by atoms with van der Waals surface area (Å²) in [5.41, 5.74) is 0. The predicted molar refractivity (Wildman–Crippen MR) is 47.9 cm³/mol. The van der Waals surface area contributed by atoms with E-state index in [9.17, 15) is 4.79 Å². The van der Waals surface area contributed by atoms with Gasteiger partial charge in [0.25, 0.3) is 6.47 Å². The van der Waals surface area contributed by atoms with Crippen LogP contribution in [0.3, 0.4) is 0 Å². The number of amides is 1. The van der Waals surface area contributed by atoms with Gasteiger partial charge in [0.15, 0.2) is 0 Å². The summed E-state index contributed by atoms with van der Waals surface area (Å²) < 4.78 is 0. The van der Waals surface area contributed by atoms with Crippen LogP contribution in [-0.4, -0.2) is 66.8 Å². The van der Waals surface area contributed by atoms with E-state index in [1.807, 2.05) is 19.0 Å². The summed E-state index contributed by atoms with van der Waals surface area (Å²) in [7, 11) is 5.39. The zero-order valence-electron chi connectivity index (χ0n) is 8.10. The van der Waals surface area contributed by atoms with Gasteiger partial charge in [0.1, 0.15) is 0 Å². The van der Waals surface area contributed by atoms with E-state index in [4.69, 9.17) is 15.0 Å². The van der Waals surface area contributed by atoms with Crippen LogP contribution >= 0.6 is 0 Å². The Bertz CT molecular complexity index is 149. The van der Waals surface area contributed by atoms with Crippen molar-refractivity contribution in [1.82, 2.24) is 9.80 Å². The number of nitrogens with zero attached hydrogens (tertiary/aromatic N) is 2. The zero-order chi connectivity index (χ0) is 10.9. The molecule has 0 atom stereocenters. The van der Waals surface area contributed by atoms with Gasteiger partial charge in [-0.05, 0) is 14.1 Å². The Hall–Kier alpha value is -1.30. The molecule has 6 heteroatoms. The molecule has 0 saturated carbocycles. The molecule has 0 aromatic carbocycles. The third kappa shape index (κ3) is 13.7. The van der Waals surface area contributed by atoms with Crippen molar-refractivity contribution in [3.8, 4) is 0 Å². The van der Waals surface area contributed by atoms with Crippen molar-refractivity contribution in [3.05, 3.63) is 0 Å². The molecule has 6 nitrogen and oxygen atoms in total. The maximum Gasteiger partial charge on any atom is 0.407 e. The van der Waals surface area contributed by atoms with Crippen LogP contribution in [0.15, 0.2) is 0 Å². The van der Waals surface area contributed by atoms with Crippen LogP contribution in [0.1, 0.15) is 0 Å². The van der Waals surface area contributed by atoms with Gasteiger partial charge >= 0.3 is 6.09 Å². The summed E-state index contributed by atoms with van der Waals surface area (Å²) in [6.45, 7) is 1.07. The molecule has 0 aromatic heterocycles. The lowest BCUT2D eigenvalue weighted by molar-refractivity contribution is -0.122. The van der Waals surface area contributed by atoms with Gasteiger partial charge in [0.05, 0.1) is 0 Å². The van der Waals surface area contributed by atoms with Crippen molar-refractivity contribution in [3.63, 3.8) is 0 Å². The summed E-state index contributed by atoms with van der Waals surface area (Å²) >= 11 is 0. The van der Waals surface area contributed by atoms with Crippen LogP contribution in [0.5, 0.6) is 0 Å². The van der Waals surface area contributed by atoms with Gasteiger partial charge in [-0.25, -0.2) is 4.79 Å². The van der Waals surface area contributed by atoms with E-state index in [-0.39, 0.29) is 6.47 Å². The molecule has 0 aliphatic rings. The maximum absolute atomic E-state index is 10.2. The summed E-state index contributed by atoms with van der Waals surface area (Å²) in [5, 5.41) is 15.3. The lowest BCUT2D eigenvalue weighted by Gasteiger charge is -2.15. The highest BCUT2D eigenvalue weighted by Crippen LogP contribution is 1.83. The van der Waals surface area contributed by atoms with Crippen molar-refractivity contribution in [2.75, 3.05) is 34.2 Å². The van der Waals surface area contributed by atoms with Crippen molar-refractivity contribution in [2.45, 2.75) is 0 Å². The smallest absolute Gasteiger partial charge is 0.407 e. The highest BCUT2D eigenvalue weighted by Gasteiger charge is 2.03. The summed E-state index contributed by atoms with van der Waals surface area (Å²) in [6, 6.07) is 0. The minimum absolute atomic E-state index is 0.250. The molecule has 0 heterocycles. The Labute approximate surface area is 77.4 Å². The highest BCUT2D eigenvalue weighted by molar-refractivity contribution is 5.64. The lowest BCUT2D eigenvalue weighted by Crippen LogP contribution is -2.32. The Kier molecular flexibility index (Phi) is 9.63. The highest BCUT2D eigenvalue weighted by atomic mass is 16.4. The Balaban J connectivity index is 0. The van der Waals surface area contributed by atoms with Crippen molar-refractivity contribution < 1.29 is 19.8 Å². The molecule has 0 rings (SSSR count). The van der Waals surface area contributed by atoms with Crippen LogP contribution in [0.4, 0.5) is 4.79 Å². The van der Waals surface area contributed by atoms with Crippen LogP contribution in [0, 0.1) is 0 Å². The number of likely N-dealkylation sites (N-methyl/N-ethyl adjacent to an activating group) is 2. The monoisotopic (exact) mass is 192 g/mol. The molecular weight excluding hydrogens is 176 g/mol. The fourth-order valence-corrected chi connectivity index (χ4v) is 0.446. The molecule has 0 aliphatic heterocycles. The molecule has 78 valence electrons. The van der Waals surface area contributed by atoms with E-state index in [1.54, 1.807) is 7.05 Å². The van der Waals surface area contributed by atoms with E-state index in [1.165, 1.54) is 4.90 Å². The van der Waals surface area contributed by atoms with E-state index in [0.717, 1.165) is 6.54 Å². The van der Waals surface area contributed by atoms with Crippen molar-refractivity contribution >= 4 is 12.6 Å². The van der Waals surface area contributed by atoms with Gasteiger partial charge in [0.2, 0.25) is 0 Å². The zero-order valence-corrected chi connectivity index (χ0v) is 8.10. The summed E-state index contributed by atoms with van der Waals surface area (Å²) in [4.78, 5) is 21.8. The third-order valence-corrected chi connectivity index (χ3v) is 1.21. The van der Waals surface area contributed by atoms with Crippen molar-refractivity contribution in [1.29, 1.82) is 0 Å². The SMILES string of the molecule is CN(C)CCN(C)C(=O)O.O=CO. The first-order chi connectivity index (χ1) is 5.95. The van der Waals surface area contributed by atoms with Gasteiger partial charge < -0.3 is 20.0 Å². The molecule has 0 aliphatic carbocycles. The molecule has 0 unspecified atom stereocenters. The minimum atomic E-state index is -0.873. The molecule has 0 saturated heterocycles. The molecule has 0 fully saturated rings. The van der Waals surface area contributed by atoms with E-state index in [0.29, 0.717) is 6.54 Å². The number of carbonyl (C=O) groups is 2. The molecule has 13 heavy (non-hydrogen) atoms. The minimum Gasteiger partial charge on any atom is -0.483 e. The van der Waals surface area contributed by atoms with Crippen molar-refractivity contribution in [2.24, 2.45) is 0 Å². The molecule has 0 radical (unpaired) electrons. The number of rotatable bonds is 3. The van der Waals surface area contributed by atoms with E-state index in [2.05, 4.69) is 0 Å². The first-order valence-corrected chi connectivity index (χ1v) is 3.62. The average molecular weight is 192 g/mol. The summed E-state index contributed by atoms with van der Waals surface area (Å²) in [5.74, 6) is 0. The number of hydrogen-bond donors (Lipinski definition) is 2. The van der Waals surface area contributed by atoms with Gasteiger partial charge in [-0.15, -0.1) is 0 Å². The first-order valence-electron chi connectivity index (χ1n) is 3.62. The molecule has 0 spiro atoms. The normalized spacial score (nSPS) is 8.62. The van der Waals surface area contributed by atoms with E-state index < -0.39 is 6.09 Å². The number of hydrogen-bond acceptors (Lipinski definition) is 3. The second-order valence-electron chi connectivity index (χ2n) is 2.61. The number of carboxylic acid groups (broad SMARTS) is 2. The standard InChI is InChI=1S/C6H14N2O2.CH2O2/c1-7(2)4-5-8(3)6(9)10;2-1-3/h4-5H2,1-3H3,(H,9,10);1H,(H,2,3). The molecule has 1 amide bonds. The predicted octanol–water partition coefficient (Wildman–Crippen LogP) is -0.141. The maximum atomic E-state index is 10.2. The largest absolute Gasteiger partial charge is 0.483 e. The Morgan fingerprint density at radius 2 is 1.69 bits per heavy atom. The molecule has 0 bridgehead atoms. The van der Waals surface area contributed by atoms with Gasteiger partial charge in [0, 0.05) is 20.1 Å². The Morgan fingerprint density at radius 3 is 1.92 bits per heavy atom. The van der Waals surface area contributed by atoms with Gasteiger partial charge in [-0.2, -0.15) is 0 Å². The van der Waals surface area contributed by atoms with Crippen LogP contribution in [0.25, 0.3) is 0 Å². The van der Waals surface area contributed by atoms with Gasteiger partial charge in [-0.1, -0.05) is 0 Å². The second-order valence-corrected chi connectivity index (χ2v) is 2.61. The first kappa shape index (κ1) is 14.2. The summed E-state index contributed by atoms with van der Waals surface area (Å²) in [6.07, 6.45) is -0.873. The molecular formula is C7H16N2O4. The van der Waals surface area contributed by atoms with Crippen LogP contribution in [-0.2, 0) is 4.79 Å². The Morgan fingerprint density at radius 1 is 1.31 bits per heavy atom.